The van der Waals surface area contributed by atoms with Gasteiger partial charge in [-0.25, -0.2) is 0 Å². The number of allylic oxidation sites excluding steroid dienone is 2. The van der Waals surface area contributed by atoms with Gasteiger partial charge in [-0.1, -0.05) is 12.2 Å². The van der Waals surface area contributed by atoms with Gasteiger partial charge in [0, 0.05) is 18.8 Å². The highest BCUT2D eigenvalue weighted by atomic mass is 16.5. The number of hydrogen-bond donors (Lipinski definition) is 2. The lowest BCUT2D eigenvalue weighted by atomic mass is 9.88. The Labute approximate surface area is 103 Å². The van der Waals surface area contributed by atoms with Gasteiger partial charge in [0.15, 0.2) is 0 Å². The van der Waals surface area contributed by atoms with Crippen LogP contribution in [0.1, 0.15) is 25.7 Å². The number of ether oxygens (including phenoxy) is 1. The highest BCUT2D eigenvalue weighted by Gasteiger charge is 2.38. The van der Waals surface area contributed by atoms with E-state index in [1.165, 1.54) is 12.8 Å². The molecule has 3 rings (SSSR count). The first-order valence-corrected chi connectivity index (χ1v) is 6.93. The van der Waals surface area contributed by atoms with Crippen molar-refractivity contribution in [3.63, 3.8) is 0 Å². The average molecular weight is 237 g/mol. The van der Waals surface area contributed by atoms with Gasteiger partial charge in [-0.15, -0.1) is 0 Å². The van der Waals surface area contributed by atoms with Crippen molar-refractivity contribution in [2.75, 3.05) is 26.4 Å². The van der Waals surface area contributed by atoms with Crippen LogP contribution in [0.5, 0.6) is 0 Å². The summed E-state index contributed by atoms with van der Waals surface area (Å²) in [4.78, 5) is 0. The molecular weight excluding hydrogens is 214 g/mol. The molecule has 0 aromatic heterocycles. The number of nitrogens with one attached hydrogen (secondary N) is 1. The Bertz CT molecular complexity index is 297. The molecule has 17 heavy (non-hydrogen) atoms. The Kier molecular flexibility index (Phi) is 3.24. The Morgan fingerprint density at radius 3 is 2.65 bits per heavy atom. The van der Waals surface area contributed by atoms with Crippen molar-refractivity contribution >= 4 is 0 Å². The van der Waals surface area contributed by atoms with E-state index in [1.807, 2.05) is 0 Å². The summed E-state index contributed by atoms with van der Waals surface area (Å²) in [6.45, 7) is 2.87. The normalized spacial score (nSPS) is 38.8. The molecule has 2 bridgehead atoms. The Morgan fingerprint density at radius 1 is 1.24 bits per heavy atom. The highest BCUT2D eigenvalue weighted by molar-refractivity contribution is 5.10. The third-order valence-electron chi connectivity index (χ3n) is 4.91. The highest BCUT2D eigenvalue weighted by Crippen LogP contribution is 2.43. The second-order valence-electron chi connectivity index (χ2n) is 5.97. The fourth-order valence-electron chi connectivity index (χ4n) is 3.63. The van der Waals surface area contributed by atoms with Gasteiger partial charge in [0.05, 0.1) is 6.61 Å². The summed E-state index contributed by atoms with van der Waals surface area (Å²) in [5.74, 6) is 2.42. The van der Waals surface area contributed by atoms with Crippen molar-refractivity contribution in [1.82, 2.24) is 5.32 Å². The SMILES string of the molecule is OCC1(NC[C@@H]2C[C@@H]3C=C[C@H]2C3)CCOCC1. The van der Waals surface area contributed by atoms with Crippen molar-refractivity contribution in [1.29, 1.82) is 0 Å². The van der Waals surface area contributed by atoms with Gasteiger partial charge in [-0.05, 0) is 50.0 Å². The molecular formula is C14H23NO2. The standard InChI is InChI=1S/C14H23NO2/c16-10-14(3-5-17-6-4-14)15-9-13-8-11-1-2-12(13)7-11/h1-2,11-13,15-16H,3-10H2/t11-,12+,13+/m1/s1. The molecule has 3 atom stereocenters. The molecule has 1 saturated heterocycles. The quantitative estimate of drug-likeness (QED) is 0.725. The van der Waals surface area contributed by atoms with Gasteiger partial charge in [0.25, 0.3) is 0 Å². The molecule has 1 heterocycles. The Hall–Kier alpha value is -0.380. The molecule has 2 aliphatic carbocycles. The first-order valence-electron chi connectivity index (χ1n) is 6.93. The van der Waals surface area contributed by atoms with Crippen LogP contribution in [0.3, 0.4) is 0 Å². The van der Waals surface area contributed by atoms with Crippen LogP contribution in [0, 0.1) is 17.8 Å². The smallest absolute Gasteiger partial charge is 0.0615 e. The molecule has 2 N–H and O–H groups in total. The zero-order chi connectivity index (χ0) is 11.7. The summed E-state index contributed by atoms with van der Waals surface area (Å²) in [5.41, 5.74) is -0.0657. The number of hydrogen-bond acceptors (Lipinski definition) is 3. The summed E-state index contributed by atoms with van der Waals surface area (Å²) in [7, 11) is 0. The average Bonchev–Trinajstić information content (AvgIpc) is 3.00. The summed E-state index contributed by atoms with van der Waals surface area (Å²) in [6, 6.07) is 0. The minimum atomic E-state index is -0.0657. The van der Waals surface area contributed by atoms with Crippen molar-refractivity contribution in [3.8, 4) is 0 Å². The lowest BCUT2D eigenvalue weighted by Crippen LogP contribution is -2.53. The van der Waals surface area contributed by atoms with Crippen LogP contribution in [0.4, 0.5) is 0 Å². The van der Waals surface area contributed by atoms with Crippen LogP contribution in [0.2, 0.25) is 0 Å². The first-order chi connectivity index (χ1) is 8.31. The topological polar surface area (TPSA) is 41.5 Å². The molecule has 0 radical (unpaired) electrons. The maximum Gasteiger partial charge on any atom is 0.0615 e. The molecule has 2 fully saturated rings. The molecule has 0 aromatic carbocycles. The molecule has 96 valence electrons. The van der Waals surface area contributed by atoms with Crippen LogP contribution in [0.25, 0.3) is 0 Å². The third-order valence-corrected chi connectivity index (χ3v) is 4.91. The van der Waals surface area contributed by atoms with E-state index in [9.17, 15) is 5.11 Å². The van der Waals surface area contributed by atoms with Crippen LogP contribution >= 0.6 is 0 Å². The van der Waals surface area contributed by atoms with E-state index < -0.39 is 0 Å². The predicted octanol–water partition coefficient (Wildman–Crippen LogP) is 1.33. The molecule has 1 saturated carbocycles. The van der Waals surface area contributed by atoms with E-state index in [2.05, 4.69) is 17.5 Å². The van der Waals surface area contributed by atoms with E-state index in [1.54, 1.807) is 0 Å². The van der Waals surface area contributed by atoms with Crippen LogP contribution in [0.15, 0.2) is 12.2 Å². The summed E-state index contributed by atoms with van der Waals surface area (Å²) in [5, 5.41) is 13.3. The second-order valence-corrected chi connectivity index (χ2v) is 5.97. The molecule has 0 spiro atoms. The molecule has 1 aliphatic heterocycles. The molecule has 0 unspecified atom stereocenters. The second kappa shape index (κ2) is 4.71. The summed E-state index contributed by atoms with van der Waals surface area (Å²) < 4.78 is 5.39. The van der Waals surface area contributed by atoms with Crippen molar-refractivity contribution in [3.05, 3.63) is 12.2 Å². The molecule has 3 nitrogen and oxygen atoms in total. The van der Waals surface area contributed by atoms with E-state index >= 15 is 0 Å². The van der Waals surface area contributed by atoms with Gasteiger partial charge in [-0.2, -0.15) is 0 Å². The van der Waals surface area contributed by atoms with Gasteiger partial charge in [0.1, 0.15) is 0 Å². The Balaban J connectivity index is 1.54. The fourth-order valence-corrected chi connectivity index (χ4v) is 3.63. The zero-order valence-corrected chi connectivity index (χ0v) is 10.4. The fraction of sp³-hybridized carbons (Fsp3) is 0.857. The Morgan fingerprint density at radius 2 is 2.06 bits per heavy atom. The molecule has 3 heteroatoms. The predicted molar refractivity (Wildman–Crippen MR) is 66.7 cm³/mol. The summed E-state index contributed by atoms with van der Waals surface area (Å²) >= 11 is 0. The number of rotatable bonds is 4. The largest absolute Gasteiger partial charge is 0.394 e. The monoisotopic (exact) mass is 237 g/mol. The number of aliphatic hydroxyl groups is 1. The van der Waals surface area contributed by atoms with E-state index in [4.69, 9.17) is 4.74 Å². The maximum atomic E-state index is 9.62. The van der Waals surface area contributed by atoms with Gasteiger partial charge in [-0.3, -0.25) is 0 Å². The van der Waals surface area contributed by atoms with E-state index in [0.29, 0.717) is 0 Å². The van der Waals surface area contributed by atoms with Crippen molar-refractivity contribution < 1.29 is 9.84 Å². The summed E-state index contributed by atoms with van der Waals surface area (Å²) in [6.07, 6.45) is 9.38. The minimum absolute atomic E-state index is 0.0657. The zero-order valence-electron chi connectivity index (χ0n) is 10.4. The van der Waals surface area contributed by atoms with Gasteiger partial charge in [0.2, 0.25) is 0 Å². The lowest BCUT2D eigenvalue weighted by molar-refractivity contribution is 0.00988. The third kappa shape index (κ3) is 2.28. The minimum Gasteiger partial charge on any atom is -0.394 e. The van der Waals surface area contributed by atoms with E-state index in [-0.39, 0.29) is 12.1 Å². The van der Waals surface area contributed by atoms with Crippen LogP contribution in [-0.4, -0.2) is 37.0 Å². The number of aliphatic hydroxyl groups excluding tert-OH is 1. The van der Waals surface area contributed by atoms with Crippen LogP contribution in [-0.2, 0) is 4.74 Å². The van der Waals surface area contributed by atoms with Gasteiger partial charge < -0.3 is 15.2 Å². The van der Waals surface area contributed by atoms with E-state index in [0.717, 1.165) is 50.4 Å². The maximum absolute atomic E-state index is 9.62. The molecule has 0 amide bonds. The van der Waals surface area contributed by atoms with Gasteiger partial charge >= 0.3 is 0 Å². The van der Waals surface area contributed by atoms with Crippen LogP contribution < -0.4 is 5.32 Å². The van der Waals surface area contributed by atoms with Crippen molar-refractivity contribution in [2.24, 2.45) is 17.8 Å². The molecule has 3 aliphatic rings. The lowest BCUT2D eigenvalue weighted by Gasteiger charge is -2.38. The molecule has 0 aromatic rings. The van der Waals surface area contributed by atoms with Crippen molar-refractivity contribution in [2.45, 2.75) is 31.2 Å². The first kappa shape index (κ1) is 11.7. The number of fused-ring (bicyclic) bond motifs is 2.